The van der Waals surface area contributed by atoms with Crippen LogP contribution in [0.5, 0.6) is 11.5 Å². The van der Waals surface area contributed by atoms with Crippen molar-refractivity contribution >= 4 is 22.2 Å². The minimum Gasteiger partial charge on any atom is -0.504 e. The highest BCUT2D eigenvalue weighted by Gasteiger charge is 2.30. The standard InChI is InChI=1S/C19H19N3O3S/c1-3-4-11-7-12(8-15(25-2)18(11)24)13-9-16(23)20-10-14-17(13)22-5-6-26-19(22)21-14/h3,5-8,13,24H,1,4,9-10H2,2H3,(H,20,23)/t13-/m0/s1. The van der Waals surface area contributed by atoms with Gasteiger partial charge in [-0.1, -0.05) is 12.1 Å². The van der Waals surface area contributed by atoms with Gasteiger partial charge in [0.1, 0.15) is 0 Å². The third-order valence-electron chi connectivity index (χ3n) is 4.71. The highest BCUT2D eigenvalue weighted by molar-refractivity contribution is 7.15. The Balaban J connectivity index is 1.92. The Morgan fingerprint density at radius 1 is 1.54 bits per heavy atom. The second kappa shape index (κ2) is 6.49. The number of hydrogen-bond donors (Lipinski definition) is 2. The molecule has 0 saturated heterocycles. The third kappa shape index (κ3) is 2.64. The Kier molecular flexibility index (Phi) is 4.16. The van der Waals surface area contributed by atoms with E-state index in [1.54, 1.807) is 23.5 Å². The first-order valence-electron chi connectivity index (χ1n) is 8.34. The number of hydrogen-bond acceptors (Lipinski definition) is 5. The largest absolute Gasteiger partial charge is 0.504 e. The zero-order chi connectivity index (χ0) is 18.3. The van der Waals surface area contributed by atoms with E-state index < -0.39 is 0 Å². The molecule has 1 atom stereocenters. The predicted octanol–water partition coefficient (Wildman–Crippen LogP) is 2.99. The monoisotopic (exact) mass is 369 g/mol. The molecule has 1 aromatic carbocycles. The molecule has 134 valence electrons. The minimum absolute atomic E-state index is 0.0192. The maximum Gasteiger partial charge on any atom is 0.221 e. The maximum absolute atomic E-state index is 12.3. The van der Waals surface area contributed by atoms with Gasteiger partial charge in [0.2, 0.25) is 5.91 Å². The van der Waals surface area contributed by atoms with Gasteiger partial charge in [-0.2, -0.15) is 0 Å². The number of phenols is 1. The number of phenolic OH excluding ortho intramolecular Hbond substituents is 1. The average molecular weight is 369 g/mol. The van der Waals surface area contributed by atoms with Crippen molar-refractivity contribution < 1.29 is 14.6 Å². The van der Waals surface area contributed by atoms with Crippen molar-refractivity contribution in [2.24, 2.45) is 0 Å². The number of aromatic hydroxyl groups is 1. The summed E-state index contributed by atoms with van der Waals surface area (Å²) in [5.74, 6) is 0.324. The number of rotatable bonds is 4. The van der Waals surface area contributed by atoms with Crippen LogP contribution in [0.25, 0.3) is 4.96 Å². The number of carbonyl (C=O) groups excluding carboxylic acids is 1. The fourth-order valence-electron chi connectivity index (χ4n) is 3.52. The van der Waals surface area contributed by atoms with Crippen molar-refractivity contribution in [3.63, 3.8) is 0 Å². The van der Waals surface area contributed by atoms with Gasteiger partial charge in [-0.05, 0) is 18.1 Å². The van der Waals surface area contributed by atoms with Crippen LogP contribution in [0.15, 0.2) is 36.4 Å². The van der Waals surface area contributed by atoms with Crippen LogP contribution in [0.1, 0.15) is 34.9 Å². The van der Waals surface area contributed by atoms with Gasteiger partial charge in [0, 0.05) is 29.5 Å². The van der Waals surface area contributed by atoms with Crippen molar-refractivity contribution in [1.82, 2.24) is 14.7 Å². The summed E-state index contributed by atoms with van der Waals surface area (Å²) in [5.41, 5.74) is 3.54. The number of methoxy groups -OCH3 is 1. The molecule has 2 N–H and O–H groups in total. The molecule has 4 rings (SSSR count). The third-order valence-corrected chi connectivity index (χ3v) is 5.47. The molecule has 7 heteroatoms. The fraction of sp³-hybridized carbons (Fsp3) is 0.263. The Morgan fingerprint density at radius 2 is 2.38 bits per heavy atom. The Hall–Kier alpha value is -2.80. The summed E-state index contributed by atoms with van der Waals surface area (Å²) < 4.78 is 7.41. The molecule has 1 aliphatic rings. The summed E-state index contributed by atoms with van der Waals surface area (Å²) in [4.78, 5) is 17.9. The maximum atomic E-state index is 12.3. The molecule has 0 aliphatic carbocycles. The first-order valence-corrected chi connectivity index (χ1v) is 9.22. The van der Waals surface area contributed by atoms with Crippen molar-refractivity contribution in [2.75, 3.05) is 7.11 Å². The number of aromatic nitrogens is 2. The first kappa shape index (κ1) is 16.7. The molecule has 0 radical (unpaired) electrons. The molecule has 3 aromatic rings. The lowest BCUT2D eigenvalue weighted by Gasteiger charge is -2.18. The first-order chi connectivity index (χ1) is 12.6. The number of carbonyl (C=O) groups is 1. The van der Waals surface area contributed by atoms with E-state index in [0.717, 1.165) is 27.5 Å². The zero-order valence-corrected chi connectivity index (χ0v) is 15.2. The van der Waals surface area contributed by atoms with Gasteiger partial charge in [-0.3, -0.25) is 9.20 Å². The van der Waals surface area contributed by atoms with Gasteiger partial charge in [0.15, 0.2) is 16.5 Å². The van der Waals surface area contributed by atoms with Gasteiger partial charge in [0.05, 0.1) is 25.0 Å². The Morgan fingerprint density at radius 3 is 3.15 bits per heavy atom. The van der Waals surface area contributed by atoms with Crippen LogP contribution in [-0.4, -0.2) is 27.5 Å². The highest BCUT2D eigenvalue weighted by atomic mass is 32.1. The summed E-state index contributed by atoms with van der Waals surface area (Å²) in [5, 5.41) is 15.3. The number of thiazole rings is 1. The van der Waals surface area contributed by atoms with E-state index in [-0.39, 0.29) is 17.6 Å². The summed E-state index contributed by atoms with van der Waals surface area (Å²) in [6.07, 6.45) is 4.55. The van der Waals surface area contributed by atoms with Gasteiger partial charge in [0.25, 0.3) is 0 Å². The lowest BCUT2D eigenvalue weighted by atomic mass is 9.89. The molecule has 3 heterocycles. The number of benzene rings is 1. The summed E-state index contributed by atoms with van der Waals surface area (Å²) >= 11 is 1.57. The smallest absolute Gasteiger partial charge is 0.221 e. The number of nitrogens with zero attached hydrogens (tertiary/aromatic N) is 2. The van der Waals surface area contributed by atoms with Gasteiger partial charge < -0.3 is 15.2 Å². The van der Waals surface area contributed by atoms with E-state index in [2.05, 4.69) is 21.3 Å². The number of allylic oxidation sites excluding steroid dienone is 1. The van der Waals surface area contributed by atoms with E-state index >= 15 is 0 Å². The van der Waals surface area contributed by atoms with E-state index in [9.17, 15) is 9.90 Å². The van der Waals surface area contributed by atoms with E-state index in [0.29, 0.717) is 25.1 Å². The van der Waals surface area contributed by atoms with Crippen LogP contribution in [0.2, 0.25) is 0 Å². The van der Waals surface area contributed by atoms with Gasteiger partial charge >= 0.3 is 0 Å². The molecule has 0 spiro atoms. The average Bonchev–Trinajstić information content (AvgIpc) is 3.16. The summed E-state index contributed by atoms with van der Waals surface area (Å²) in [7, 11) is 1.53. The van der Waals surface area contributed by atoms with Crippen LogP contribution >= 0.6 is 11.3 Å². The van der Waals surface area contributed by atoms with Crippen LogP contribution in [0.3, 0.4) is 0 Å². The summed E-state index contributed by atoms with van der Waals surface area (Å²) in [6, 6.07) is 3.74. The molecule has 6 nitrogen and oxygen atoms in total. The molecule has 26 heavy (non-hydrogen) atoms. The van der Waals surface area contributed by atoms with Crippen molar-refractivity contribution in [1.29, 1.82) is 0 Å². The number of nitrogens with one attached hydrogen (secondary N) is 1. The number of fused-ring (bicyclic) bond motifs is 3. The SMILES string of the molecule is C=CCc1cc([C@@H]2CC(=O)NCc3nc4sccn4c32)cc(OC)c1O. The molecular weight excluding hydrogens is 350 g/mol. The minimum atomic E-state index is -0.171. The van der Waals surface area contributed by atoms with Crippen molar-refractivity contribution in [3.8, 4) is 11.5 Å². The molecule has 0 saturated carbocycles. The van der Waals surface area contributed by atoms with Crippen LogP contribution in [-0.2, 0) is 17.8 Å². The second-order valence-electron chi connectivity index (χ2n) is 6.26. The number of imidazole rings is 1. The molecule has 0 fully saturated rings. The van der Waals surface area contributed by atoms with Gasteiger partial charge in [-0.25, -0.2) is 4.98 Å². The van der Waals surface area contributed by atoms with E-state index in [1.807, 2.05) is 17.6 Å². The van der Waals surface area contributed by atoms with E-state index in [1.165, 1.54) is 7.11 Å². The number of amides is 1. The molecule has 1 aliphatic heterocycles. The Bertz CT molecular complexity index is 1010. The zero-order valence-electron chi connectivity index (χ0n) is 14.4. The van der Waals surface area contributed by atoms with Gasteiger partial charge in [-0.15, -0.1) is 17.9 Å². The highest BCUT2D eigenvalue weighted by Crippen LogP contribution is 2.40. The van der Waals surface area contributed by atoms with Crippen molar-refractivity contribution in [2.45, 2.75) is 25.3 Å². The molecule has 0 bridgehead atoms. The number of ether oxygens (including phenoxy) is 1. The molecule has 2 aromatic heterocycles. The summed E-state index contributed by atoms with van der Waals surface area (Å²) in [6.45, 7) is 4.18. The normalized spacial score (nSPS) is 16.8. The molecular formula is C19H19N3O3S. The van der Waals surface area contributed by atoms with Crippen LogP contribution in [0.4, 0.5) is 0 Å². The molecule has 0 unspecified atom stereocenters. The van der Waals surface area contributed by atoms with Crippen LogP contribution in [0, 0.1) is 0 Å². The van der Waals surface area contributed by atoms with Crippen molar-refractivity contribution in [3.05, 3.63) is 58.9 Å². The van der Waals surface area contributed by atoms with Crippen LogP contribution < -0.4 is 10.1 Å². The quantitative estimate of drug-likeness (QED) is 0.693. The fourth-order valence-corrected chi connectivity index (χ4v) is 4.26. The predicted molar refractivity (Wildman–Crippen MR) is 99.9 cm³/mol. The Labute approximate surface area is 154 Å². The lowest BCUT2D eigenvalue weighted by Crippen LogP contribution is -2.21. The van der Waals surface area contributed by atoms with E-state index in [4.69, 9.17) is 4.74 Å². The second-order valence-corrected chi connectivity index (χ2v) is 7.13. The lowest BCUT2D eigenvalue weighted by molar-refractivity contribution is -0.121. The topological polar surface area (TPSA) is 75.9 Å². The molecule has 1 amide bonds.